The van der Waals surface area contributed by atoms with Gasteiger partial charge in [-0.1, -0.05) is 12.8 Å². The van der Waals surface area contributed by atoms with Crippen LogP contribution in [-0.4, -0.2) is 34.8 Å². The molecule has 1 aromatic rings. The predicted molar refractivity (Wildman–Crippen MR) is 82.3 cm³/mol. The molecule has 1 saturated heterocycles. The van der Waals surface area contributed by atoms with E-state index in [1.807, 2.05) is 16.9 Å². The molecule has 2 heterocycles. The smallest absolute Gasteiger partial charge is 0.271 e. The first-order valence-corrected chi connectivity index (χ1v) is 8.31. The average molecular weight is 290 g/mol. The van der Waals surface area contributed by atoms with Crippen LogP contribution in [0.25, 0.3) is 0 Å². The zero-order valence-electron chi connectivity index (χ0n) is 12.8. The average Bonchev–Trinajstić information content (AvgIpc) is 3.20. The molecule has 1 amide bonds. The quantitative estimate of drug-likeness (QED) is 0.893. The maximum absolute atomic E-state index is 12.3. The van der Waals surface area contributed by atoms with Crippen LogP contribution in [0, 0.1) is 5.92 Å². The van der Waals surface area contributed by atoms with E-state index in [-0.39, 0.29) is 11.9 Å². The van der Waals surface area contributed by atoms with Gasteiger partial charge in [-0.3, -0.25) is 9.48 Å². The molecule has 116 valence electrons. The first-order chi connectivity index (χ1) is 10.2. The molecule has 5 nitrogen and oxygen atoms in total. The minimum atomic E-state index is -0.0306. The van der Waals surface area contributed by atoms with E-state index >= 15 is 0 Å². The van der Waals surface area contributed by atoms with Gasteiger partial charge in [-0.2, -0.15) is 5.10 Å². The molecule has 1 aromatic heterocycles. The second-order valence-corrected chi connectivity index (χ2v) is 6.49. The number of carbonyl (C=O) groups is 1. The maximum atomic E-state index is 12.3. The van der Waals surface area contributed by atoms with Crippen LogP contribution in [0.5, 0.6) is 0 Å². The number of rotatable bonds is 4. The SMILES string of the molecule is CC(NC(=O)c1ccn(C2CCCNC2)n1)C1CCCC1. The molecule has 0 aromatic carbocycles. The van der Waals surface area contributed by atoms with Crippen molar-refractivity contribution in [2.24, 2.45) is 5.92 Å². The lowest BCUT2D eigenvalue weighted by molar-refractivity contribution is 0.0920. The molecule has 5 heteroatoms. The topological polar surface area (TPSA) is 59.0 Å². The minimum Gasteiger partial charge on any atom is -0.348 e. The summed E-state index contributed by atoms with van der Waals surface area (Å²) in [4.78, 5) is 12.3. The molecular formula is C16H26N4O. The summed E-state index contributed by atoms with van der Waals surface area (Å²) in [6.45, 7) is 4.15. The molecule has 2 fully saturated rings. The van der Waals surface area contributed by atoms with E-state index < -0.39 is 0 Å². The molecule has 2 aliphatic rings. The van der Waals surface area contributed by atoms with E-state index in [1.54, 1.807) is 0 Å². The van der Waals surface area contributed by atoms with Gasteiger partial charge in [-0.25, -0.2) is 0 Å². The Kier molecular flexibility index (Phi) is 4.58. The van der Waals surface area contributed by atoms with Gasteiger partial charge in [-0.15, -0.1) is 0 Å². The molecule has 21 heavy (non-hydrogen) atoms. The molecule has 0 bridgehead atoms. The fraction of sp³-hybridized carbons (Fsp3) is 0.750. The number of hydrogen-bond acceptors (Lipinski definition) is 3. The van der Waals surface area contributed by atoms with Crippen molar-refractivity contribution in [3.8, 4) is 0 Å². The number of piperidine rings is 1. The van der Waals surface area contributed by atoms with Crippen LogP contribution in [0.15, 0.2) is 12.3 Å². The van der Waals surface area contributed by atoms with Crippen molar-refractivity contribution in [2.45, 2.75) is 57.5 Å². The zero-order chi connectivity index (χ0) is 14.7. The van der Waals surface area contributed by atoms with Crippen molar-refractivity contribution in [3.05, 3.63) is 18.0 Å². The van der Waals surface area contributed by atoms with Gasteiger partial charge in [0.15, 0.2) is 0 Å². The summed E-state index contributed by atoms with van der Waals surface area (Å²) < 4.78 is 1.95. The molecule has 1 saturated carbocycles. The van der Waals surface area contributed by atoms with E-state index in [9.17, 15) is 4.79 Å². The molecule has 2 unspecified atom stereocenters. The van der Waals surface area contributed by atoms with E-state index in [0.717, 1.165) is 19.5 Å². The van der Waals surface area contributed by atoms with Crippen molar-refractivity contribution >= 4 is 5.91 Å². The van der Waals surface area contributed by atoms with E-state index in [2.05, 4.69) is 22.7 Å². The van der Waals surface area contributed by atoms with Crippen LogP contribution in [0.4, 0.5) is 0 Å². The lowest BCUT2D eigenvalue weighted by Crippen LogP contribution is -2.37. The van der Waals surface area contributed by atoms with E-state index in [4.69, 9.17) is 0 Å². The normalized spacial score (nSPS) is 24.9. The van der Waals surface area contributed by atoms with Crippen molar-refractivity contribution < 1.29 is 4.79 Å². The Morgan fingerprint density at radius 3 is 2.90 bits per heavy atom. The van der Waals surface area contributed by atoms with Gasteiger partial charge in [0.2, 0.25) is 0 Å². The van der Waals surface area contributed by atoms with Gasteiger partial charge < -0.3 is 10.6 Å². The number of nitrogens with zero attached hydrogens (tertiary/aromatic N) is 2. The summed E-state index contributed by atoms with van der Waals surface area (Å²) in [7, 11) is 0. The molecule has 0 radical (unpaired) electrons. The number of aromatic nitrogens is 2. The van der Waals surface area contributed by atoms with Crippen molar-refractivity contribution in [1.82, 2.24) is 20.4 Å². The Hall–Kier alpha value is -1.36. The number of nitrogens with one attached hydrogen (secondary N) is 2. The monoisotopic (exact) mass is 290 g/mol. The second-order valence-electron chi connectivity index (χ2n) is 6.49. The molecule has 0 spiro atoms. The first kappa shape index (κ1) is 14.6. The van der Waals surface area contributed by atoms with Gasteiger partial charge in [0, 0.05) is 18.8 Å². The van der Waals surface area contributed by atoms with Crippen molar-refractivity contribution in [1.29, 1.82) is 0 Å². The minimum absolute atomic E-state index is 0.0306. The highest BCUT2D eigenvalue weighted by atomic mass is 16.2. The van der Waals surface area contributed by atoms with Gasteiger partial charge in [0.05, 0.1) is 6.04 Å². The second kappa shape index (κ2) is 6.60. The third-order valence-corrected chi connectivity index (χ3v) is 4.95. The summed E-state index contributed by atoms with van der Waals surface area (Å²) >= 11 is 0. The lowest BCUT2D eigenvalue weighted by Gasteiger charge is -2.23. The Morgan fingerprint density at radius 2 is 2.19 bits per heavy atom. The fourth-order valence-electron chi connectivity index (χ4n) is 3.58. The molecule has 1 aliphatic heterocycles. The van der Waals surface area contributed by atoms with Gasteiger partial charge in [0.25, 0.3) is 5.91 Å². The predicted octanol–water partition coefficient (Wildman–Crippen LogP) is 2.12. The van der Waals surface area contributed by atoms with Gasteiger partial charge in [0.1, 0.15) is 5.69 Å². The van der Waals surface area contributed by atoms with Crippen LogP contribution in [-0.2, 0) is 0 Å². The highest BCUT2D eigenvalue weighted by molar-refractivity contribution is 5.92. The maximum Gasteiger partial charge on any atom is 0.271 e. The van der Waals surface area contributed by atoms with E-state index in [1.165, 1.54) is 32.1 Å². The third-order valence-electron chi connectivity index (χ3n) is 4.95. The van der Waals surface area contributed by atoms with Crippen LogP contribution in [0.1, 0.15) is 62.0 Å². The van der Waals surface area contributed by atoms with Crippen LogP contribution >= 0.6 is 0 Å². The van der Waals surface area contributed by atoms with Crippen LogP contribution in [0.3, 0.4) is 0 Å². The third kappa shape index (κ3) is 3.46. The summed E-state index contributed by atoms with van der Waals surface area (Å²) in [5, 5.41) is 11.0. The molecular weight excluding hydrogens is 264 g/mol. The van der Waals surface area contributed by atoms with Crippen molar-refractivity contribution in [2.75, 3.05) is 13.1 Å². The highest BCUT2D eigenvalue weighted by Crippen LogP contribution is 2.27. The Bertz CT molecular complexity index is 472. The Morgan fingerprint density at radius 1 is 1.38 bits per heavy atom. The Labute approximate surface area is 126 Å². The first-order valence-electron chi connectivity index (χ1n) is 8.31. The number of amides is 1. The van der Waals surface area contributed by atoms with Gasteiger partial charge >= 0.3 is 0 Å². The standard InChI is InChI=1S/C16H26N4O/c1-12(13-5-2-3-6-13)18-16(21)15-8-10-20(19-15)14-7-4-9-17-11-14/h8,10,12-14,17H,2-7,9,11H2,1H3,(H,18,21). The van der Waals surface area contributed by atoms with Gasteiger partial charge in [-0.05, 0) is 51.1 Å². The lowest BCUT2D eigenvalue weighted by atomic mass is 10.00. The summed E-state index contributed by atoms with van der Waals surface area (Å²) in [6.07, 6.45) is 9.32. The van der Waals surface area contributed by atoms with Crippen molar-refractivity contribution in [3.63, 3.8) is 0 Å². The molecule has 2 atom stereocenters. The fourth-order valence-corrected chi connectivity index (χ4v) is 3.58. The summed E-state index contributed by atoms with van der Waals surface area (Å²) in [5.74, 6) is 0.607. The summed E-state index contributed by atoms with van der Waals surface area (Å²) in [5.41, 5.74) is 0.547. The number of hydrogen-bond donors (Lipinski definition) is 2. The molecule has 2 N–H and O–H groups in total. The number of carbonyl (C=O) groups excluding carboxylic acids is 1. The highest BCUT2D eigenvalue weighted by Gasteiger charge is 2.24. The zero-order valence-corrected chi connectivity index (χ0v) is 12.8. The van der Waals surface area contributed by atoms with Crippen LogP contribution in [0.2, 0.25) is 0 Å². The largest absolute Gasteiger partial charge is 0.348 e. The molecule has 1 aliphatic carbocycles. The Balaban J connectivity index is 1.58. The summed E-state index contributed by atoms with van der Waals surface area (Å²) in [6, 6.07) is 2.47. The van der Waals surface area contributed by atoms with Crippen LogP contribution < -0.4 is 10.6 Å². The molecule has 3 rings (SSSR count). The van der Waals surface area contributed by atoms with E-state index in [0.29, 0.717) is 17.7 Å².